The summed E-state index contributed by atoms with van der Waals surface area (Å²) in [5.41, 5.74) is 3.86. The maximum atomic E-state index is 10.6. The SMILES string of the molecule is CC(C)=C[SiH2]COc1ccc(C(=O)O)cc1. The lowest BCUT2D eigenvalue weighted by atomic mass is 10.2. The second kappa shape index (κ2) is 6.12. The molecular formula is C12H16O3Si. The zero-order valence-electron chi connectivity index (χ0n) is 9.56. The Bertz CT molecular complexity index is 378. The fraction of sp³-hybridized carbons (Fsp3) is 0.250. The molecule has 1 aromatic rings. The smallest absolute Gasteiger partial charge is 0.335 e. The number of carbonyl (C=O) groups is 1. The van der Waals surface area contributed by atoms with Crippen LogP contribution in [-0.4, -0.2) is 26.8 Å². The van der Waals surface area contributed by atoms with Crippen LogP contribution in [0.2, 0.25) is 0 Å². The maximum absolute atomic E-state index is 10.6. The van der Waals surface area contributed by atoms with Crippen LogP contribution in [0, 0.1) is 0 Å². The monoisotopic (exact) mass is 236 g/mol. The van der Waals surface area contributed by atoms with Crippen LogP contribution >= 0.6 is 0 Å². The molecule has 0 aliphatic carbocycles. The summed E-state index contributed by atoms with van der Waals surface area (Å²) in [7, 11) is -0.306. The molecule has 16 heavy (non-hydrogen) atoms. The van der Waals surface area contributed by atoms with E-state index < -0.39 is 5.97 Å². The summed E-state index contributed by atoms with van der Waals surface area (Å²) in [5.74, 6) is -0.176. The van der Waals surface area contributed by atoms with Crippen LogP contribution in [0.5, 0.6) is 5.75 Å². The fourth-order valence-corrected chi connectivity index (χ4v) is 2.27. The van der Waals surface area contributed by atoms with Gasteiger partial charge in [-0.05, 0) is 38.1 Å². The molecule has 0 saturated carbocycles. The number of rotatable bonds is 5. The molecule has 0 aliphatic heterocycles. The van der Waals surface area contributed by atoms with Gasteiger partial charge < -0.3 is 9.84 Å². The van der Waals surface area contributed by atoms with Crippen LogP contribution in [0.25, 0.3) is 0 Å². The topological polar surface area (TPSA) is 46.5 Å². The first-order valence-corrected chi connectivity index (χ1v) is 7.01. The second-order valence-electron chi connectivity index (χ2n) is 3.75. The van der Waals surface area contributed by atoms with E-state index in [1.54, 1.807) is 24.3 Å². The van der Waals surface area contributed by atoms with Crippen molar-refractivity contribution in [3.05, 3.63) is 41.1 Å². The molecule has 4 heteroatoms. The first kappa shape index (κ1) is 12.5. The summed E-state index contributed by atoms with van der Waals surface area (Å²) in [4.78, 5) is 10.6. The highest BCUT2D eigenvalue weighted by Gasteiger charge is 2.01. The number of carboxylic acids is 1. The highest BCUT2D eigenvalue weighted by atomic mass is 28.2. The van der Waals surface area contributed by atoms with E-state index in [0.717, 1.165) is 12.0 Å². The van der Waals surface area contributed by atoms with E-state index in [2.05, 4.69) is 19.5 Å². The lowest BCUT2D eigenvalue weighted by Gasteiger charge is -2.04. The van der Waals surface area contributed by atoms with Crippen LogP contribution in [0.3, 0.4) is 0 Å². The quantitative estimate of drug-likeness (QED) is 0.626. The minimum atomic E-state index is -0.912. The number of hydrogen-bond acceptors (Lipinski definition) is 2. The van der Waals surface area contributed by atoms with Gasteiger partial charge >= 0.3 is 5.97 Å². The molecule has 1 aromatic carbocycles. The Hall–Kier alpha value is -1.55. The zero-order chi connectivity index (χ0) is 12.0. The average molecular weight is 236 g/mol. The van der Waals surface area contributed by atoms with Crippen LogP contribution in [0.1, 0.15) is 24.2 Å². The Balaban J connectivity index is 2.44. The van der Waals surface area contributed by atoms with Gasteiger partial charge in [-0.15, -0.1) is 0 Å². The lowest BCUT2D eigenvalue weighted by Crippen LogP contribution is -2.05. The summed E-state index contributed by atoms with van der Waals surface area (Å²) < 4.78 is 5.52. The van der Waals surface area contributed by atoms with Crippen molar-refractivity contribution in [3.8, 4) is 5.75 Å². The first-order chi connectivity index (χ1) is 7.59. The van der Waals surface area contributed by atoms with Gasteiger partial charge in [-0.1, -0.05) is 11.3 Å². The van der Waals surface area contributed by atoms with Crippen LogP contribution in [-0.2, 0) is 0 Å². The van der Waals surface area contributed by atoms with Gasteiger partial charge in [0, 0.05) is 0 Å². The van der Waals surface area contributed by atoms with Gasteiger partial charge in [0.2, 0.25) is 0 Å². The van der Waals surface area contributed by atoms with Crippen LogP contribution < -0.4 is 4.74 Å². The van der Waals surface area contributed by atoms with Gasteiger partial charge in [-0.3, -0.25) is 0 Å². The van der Waals surface area contributed by atoms with E-state index in [1.807, 2.05) is 0 Å². The predicted molar refractivity (Wildman–Crippen MR) is 66.9 cm³/mol. The molecular weight excluding hydrogens is 220 g/mol. The first-order valence-electron chi connectivity index (χ1n) is 5.19. The average Bonchev–Trinajstić information content (AvgIpc) is 2.25. The highest BCUT2D eigenvalue weighted by Crippen LogP contribution is 2.11. The number of benzene rings is 1. The molecule has 0 heterocycles. The van der Waals surface area contributed by atoms with Crippen LogP contribution in [0.4, 0.5) is 0 Å². The third kappa shape index (κ3) is 4.31. The standard InChI is InChI=1S/C12H16O3Si/c1-9(2)7-16-8-15-11-5-3-10(4-6-11)12(13)14/h3-7H,8,16H2,1-2H3,(H,13,14). The van der Waals surface area contributed by atoms with E-state index in [4.69, 9.17) is 9.84 Å². The molecule has 0 saturated heterocycles. The van der Waals surface area contributed by atoms with Gasteiger partial charge in [-0.2, -0.15) is 0 Å². The number of aromatic carboxylic acids is 1. The largest absolute Gasteiger partial charge is 0.498 e. The van der Waals surface area contributed by atoms with Crippen molar-refractivity contribution >= 4 is 15.5 Å². The zero-order valence-corrected chi connectivity index (χ0v) is 11.0. The Kier molecular flexibility index (Phi) is 4.79. The third-order valence-electron chi connectivity index (χ3n) is 2.04. The molecule has 1 N–H and O–H groups in total. The van der Waals surface area contributed by atoms with Crippen molar-refractivity contribution in [2.24, 2.45) is 0 Å². The normalized spacial score (nSPS) is 10.4. The van der Waals surface area contributed by atoms with Crippen molar-refractivity contribution in [2.45, 2.75) is 13.8 Å². The molecule has 0 spiro atoms. The molecule has 3 nitrogen and oxygen atoms in total. The van der Waals surface area contributed by atoms with Gasteiger partial charge in [-0.25, -0.2) is 4.79 Å². The maximum Gasteiger partial charge on any atom is 0.335 e. The minimum absolute atomic E-state index is 0.286. The van der Waals surface area contributed by atoms with E-state index in [-0.39, 0.29) is 15.1 Å². The Labute approximate surface area is 97.6 Å². The molecule has 0 bridgehead atoms. The lowest BCUT2D eigenvalue weighted by molar-refractivity contribution is 0.0697. The molecule has 0 aliphatic rings. The van der Waals surface area contributed by atoms with Gasteiger partial charge in [0.15, 0.2) is 0 Å². The molecule has 0 amide bonds. The van der Waals surface area contributed by atoms with Gasteiger partial charge in [0.25, 0.3) is 0 Å². The summed E-state index contributed by atoms with van der Waals surface area (Å²) in [6.45, 7) is 4.16. The van der Waals surface area contributed by atoms with E-state index in [9.17, 15) is 4.79 Å². The molecule has 0 radical (unpaired) electrons. The van der Waals surface area contributed by atoms with E-state index >= 15 is 0 Å². The highest BCUT2D eigenvalue weighted by molar-refractivity contribution is 6.42. The molecule has 1 rings (SSSR count). The predicted octanol–water partition coefficient (Wildman–Crippen LogP) is 1.81. The summed E-state index contributed by atoms with van der Waals surface area (Å²) in [6, 6.07) is 6.50. The summed E-state index contributed by atoms with van der Waals surface area (Å²) >= 11 is 0. The number of ether oxygens (including phenoxy) is 1. The fourth-order valence-electron chi connectivity index (χ4n) is 1.22. The van der Waals surface area contributed by atoms with Crippen molar-refractivity contribution in [1.29, 1.82) is 0 Å². The molecule has 0 aromatic heterocycles. The number of carboxylic acid groups (broad SMARTS) is 1. The van der Waals surface area contributed by atoms with E-state index in [0.29, 0.717) is 0 Å². The Morgan fingerprint density at radius 2 is 2.00 bits per heavy atom. The number of hydrogen-bond donors (Lipinski definition) is 1. The van der Waals surface area contributed by atoms with Crippen molar-refractivity contribution in [3.63, 3.8) is 0 Å². The molecule has 0 atom stereocenters. The molecule has 86 valence electrons. The molecule has 0 fully saturated rings. The van der Waals surface area contributed by atoms with Crippen molar-refractivity contribution in [2.75, 3.05) is 6.23 Å². The Morgan fingerprint density at radius 3 is 2.50 bits per heavy atom. The number of allylic oxidation sites excluding steroid dienone is 1. The minimum Gasteiger partial charge on any atom is -0.498 e. The summed E-state index contributed by atoms with van der Waals surface area (Å²) in [6.07, 6.45) is 0.748. The van der Waals surface area contributed by atoms with Crippen molar-refractivity contribution in [1.82, 2.24) is 0 Å². The summed E-state index contributed by atoms with van der Waals surface area (Å²) in [5, 5.41) is 8.71. The third-order valence-corrected chi connectivity index (χ3v) is 3.59. The van der Waals surface area contributed by atoms with Crippen molar-refractivity contribution < 1.29 is 14.6 Å². The van der Waals surface area contributed by atoms with Crippen LogP contribution in [0.15, 0.2) is 35.5 Å². The van der Waals surface area contributed by atoms with E-state index in [1.165, 1.54) is 5.57 Å². The van der Waals surface area contributed by atoms with Gasteiger partial charge in [0.1, 0.15) is 5.75 Å². The second-order valence-corrected chi connectivity index (χ2v) is 5.14. The Morgan fingerprint density at radius 1 is 1.38 bits per heavy atom. The molecule has 0 unspecified atom stereocenters. The van der Waals surface area contributed by atoms with Gasteiger partial charge in [0.05, 0.1) is 21.3 Å².